The van der Waals surface area contributed by atoms with E-state index in [0.29, 0.717) is 5.41 Å². The third-order valence-electron chi connectivity index (χ3n) is 3.85. The van der Waals surface area contributed by atoms with Crippen molar-refractivity contribution in [2.45, 2.75) is 40.0 Å². The lowest BCUT2D eigenvalue weighted by Gasteiger charge is -2.33. The Labute approximate surface area is 124 Å². The zero-order chi connectivity index (χ0) is 13.7. The lowest BCUT2D eigenvalue weighted by molar-refractivity contribution is 0.318. The highest BCUT2D eigenvalue weighted by Crippen LogP contribution is 2.34. The summed E-state index contributed by atoms with van der Waals surface area (Å²) in [5, 5.41) is 7.88. The van der Waals surface area contributed by atoms with Gasteiger partial charge in [-0.15, -0.1) is 11.3 Å². The maximum atomic E-state index is 4.71. The van der Waals surface area contributed by atoms with Crippen LogP contribution in [0.2, 0.25) is 0 Å². The van der Waals surface area contributed by atoms with Crippen LogP contribution in [-0.2, 0) is 6.42 Å². The van der Waals surface area contributed by atoms with Crippen molar-refractivity contribution in [1.29, 1.82) is 0 Å². The quantitative estimate of drug-likeness (QED) is 0.904. The summed E-state index contributed by atoms with van der Waals surface area (Å²) in [6.07, 6.45) is 3.45. The van der Waals surface area contributed by atoms with Crippen molar-refractivity contribution in [3.8, 4) is 0 Å². The van der Waals surface area contributed by atoms with Crippen molar-refractivity contribution < 1.29 is 0 Å². The third-order valence-corrected chi connectivity index (χ3v) is 6.18. The van der Waals surface area contributed by atoms with E-state index in [2.05, 4.69) is 29.5 Å². The summed E-state index contributed by atoms with van der Waals surface area (Å²) in [5.74, 6) is 1.20. The van der Waals surface area contributed by atoms with Gasteiger partial charge < -0.3 is 5.32 Å². The first-order valence-electron chi connectivity index (χ1n) is 6.99. The number of thioether (sulfide) groups is 1. The van der Waals surface area contributed by atoms with Gasteiger partial charge in [-0.25, -0.2) is 4.98 Å². The molecule has 3 nitrogen and oxygen atoms in total. The molecule has 5 heteroatoms. The summed E-state index contributed by atoms with van der Waals surface area (Å²) >= 11 is 3.63. The van der Waals surface area contributed by atoms with Crippen LogP contribution in [0, 0.1) is 12.3 Å². The lowest BCUT2D eigenvalue weighted by atomic mass is 9.84. The minimum absolute atomic E-state index is 0.433. The average molecular weight is 297 g/mol. The van der Waals surface area contributed by atoms with E-state index >= 15 is 0 Å². The molecule has 1 aromatic rings. The first-order chi connectivity index (χ1) is 9.17. The lowest BCUT2D eigenvalue weighted by Crippen LogP contribution is -2.35. The highest BCUT2D eigenvalue weighted by atomic mass is 32.2. The number of aromatic nitrogens is 1. The average Bonchev–Trinajstić information content (AvgIpc) is 2.86. The Kier molecular flexibility index (Phi) is 5.28. The Balaban J connectivity index is 1.77. The van der Waals surface area contributed by atoms with Crippen molar-refractivity contribution in [2.75, 3.05) is 18.8 Å². The Hall–Kier alpha value is -0.550. The van der Waals surface area contributed by atoms with Gasteiger partial charge in [-0.3, -0.25) is 4.99 Å². The van der Waals surface area contributed by atoms with Crippen LogP contribution in [0.4, 0.5) is 0 Å². The number of thiazole rings is 1. The van der Waals surface area contributed by atoms with Crippen molar-refractivity contribution >= 4 is 28.3 Å². The zero-order valence-corrected chi connectivity index (χ0v) is 13.7. The fraction of sp³-hybridized carbons (Fsp3) is 0.714. The molecule has 0 saturated carbocycles. The zero-order valence-electron chi connectivity index (χ0n) is 12.0. The predicted molar refractivity (Wildman–Crippen MR) is 86.3 cm³/mol. The maximum Gasteiger partial charge on any atom is 0.156 e. The van der Waals surface area contributed by atoms with E-state index in [4.69, 9.17) is 4.99 Å². The minimum Gasteiger partial charge on any atom is -0.365 e. The fourth-order valence-electron chi connectivity index (χ4n) is 2.13. The summed E-state index contributed by atoms with van der Waals surface area (Å²) < 4.78 is 0. The topological polar surface area (TPSA) is 37.3 Å². The Bertz CT molecular complexity index is 436. The van der Waals surface area contributed by atoms with Crippen molar-refractivity contribution in [1.82, 2.24) is 10.3 Å². The molecule has 0 atom stereocenters. The maximum absolute atomic E-state index is 4.71. The summed E-state index contributed by atoms with van der Waals surface area (Å²) in [6, 6.07) is 0. The van der Waals surface area contributed by atoms with Gasteiger partial charge >= 0.3 is 0 Å². The molecule has 2 rings (SSSR count). The van der Waals surface area contributed by atoms with Gasteiger partial charge in [-0.1, -0.05) is 25.6 Å². The Morgan fingerprint density at radius 3 is 2.68 bits per heavy atom. The molecular formula is C14H23N3S2. The van der Waals surface area contributed by atoms with Gasteiger partial charge in [0.1, 0.15) is 0 Å². The fourth-order valence-corrected chi connectivity index (χ4v) is 4.21. The summed E-state index contributed by atoms with van der Waals surface area (Å²) in [6.45, 7) is 8.52. The summed E-state index contributed by atoms with van der Waals surface area (Å²) in [7, 11) is 0. The molecule has 0 aliphatic carbocycles. The normalized spacial score (nSPS) is 18.2. The van der Waals surface area contributed by atoms with Crippen LogP contribution in [0.15, 0.2) is 10.4 Å². The standard InChI is InChI=1S/C14H23N3S2/c1-4-14(5-2)9-16-13(19-10-14)15-7-6-12-17-11(3)8-18-12/h8H,4-7,9-10H2,1-3H3,(H,15,16). The number of nitrogens with one attached hydrogen (secondary N) is 1. The van der Waals surface area contributed by atoms with Gasteiger partial charge in [0, 0.05) is 36.3 Å². The predicted octanol–water partition coefficient (Wildman–Crippen LogP) is 3.49. The van der Waals surface area contributed by atoms with E-state index < -0.39 is 0 Å². The monoisotopic (exact) mass is 297 g/mol. The SMILES string of the molecule is CCC1(CC)CN=C(NCCc2nc(C)cs2)SC1. The summed E-state index contributed by atoms with van der Waals surface area (Å²) in [4.78, 5) is 9.19. The van der Waals surface area contributed by atoms with Crippen LogP contribution in [-0.4, -0.2) is 29.0 Å². The van der Waals surface area contributed by atoms with E-state index in [0.717, 1.165) is 30.4 Å². The molecule has 0 radical (unpaired) electrons. The smallest absolute Gasteiger partial charge is 0.156 e. The number of hydrogen-bond donors (Lipinski definition) is 1. The number of hydrogen-bond acceptors (Lipinski definition) is 5. The van der Waals surface area contributed by atoms with Crippen LogP contribution < -0.4 is 5.32 Å². The molecule has 1 aliphatic rings. The Morgan fingerprint density at radius 2 is 2.16 bits per heavy atom. The first kappa shape index (κ1) is 14.9. The second-order valence-corrected chi connectivity index (χ2v) is 7.08. The van der Waals surface area contributed by atoms with Crippen LogP contribution in [0.25, 0.3) is 0 Å². The highest BCUT2D eigenvalue weighted by molar-refractivity contribution is 8.13. The molecule has 0 saturated heterocycles. The van der Waals surface area contributed by atoms with Crippen molar-refractivity contribution in [2.24, 2.45) is 10.4 Å². The molecule has 19 heavy (non-hydrogen) atoms. The molecule has 0 amide bonds. The van der Waals surface area contributed by atoms with E-state index in [-0.39, 0.29) is 0 Å². The van der Waals surface area contributed by atoms with Gasteiger partial charge in [0.15, 0.2) is 5.17 Å². The number of rotatable bonds is 5. The van der Waals surface area contributed by atoms with Crippen LogP contribution in [0.1, 0.15) is 37.4 Å². The molecule has 1 aliphatic heterocycles. The molecule has 0 fully saturated rings. The number of aliphatic imine (C=N–C) groups is 1. The number of aryl methyl sites for hydroxylation is 1. The molecule has 0 aromatic carbocycles. The van der Waals surface area contributed by atoms with E-state index in [1.807, 2.05) is 18.7 Å². The Morgan fingerprint density at radius 1 is 1.37 bits per heavy atom. The number of amidine groups is 1. The largest absolute Gasteiger partial charge is 0.365 e. The molecule has 106 valence electrons. The van der Waals surface area contributed by atoms with Crippen molar-refractivity contribution in [3.63, 3.8) is 0 Å². The first-order valence-corrected chi connectivity index (χ1v) is 8.86. The van der Waals surface area contributed by atoms with Gasteiger partial charge in [0.05, 0.1) is 5.01 Å². The third kappa shape index (κ3) is 3.96. The van der Waals surface area contributed by atoms with E-state index in [9.17, 15) is 0 Å². The second-order valence-electron chi connectivity index (χ2n) is 5.18. The van der Waals surface area contributed by atoms with E-state index in [1.165, 1.54) is 23.6 Å². The number of nitrogens with zero attached hydrogens (tertiary/aromatic N) is 2. The molecule has 0 spiro atoms. The molecular weight excluding hydrogens is 274 g/mol. The molecule has 1 aromatic heterocycles. The van der Waals surface area contributed by atoms with Crippen LogP contribution >= 0.6 is 23.1 Å². The molecule has 0 bridgehead atoms. The highest BCUT2D eigenvalue weighted by Gasteiger charge is 2.29. The van der Waals surface area contributed by atoms with Crippen LogP contribution in [0.5, 0.6) is 0 Å². The molecule has 1 N–H and O–H groups in total. The van der Waals surface area contributed by atoms with Gasteiger partial charge in [-0.05, 0) is 25.2 Å². The minimum atomic E-state index is 0.433. The van der Waals surface area contributed by atoms with Crippen molar-refractivity contribution in [3.05, 3.63) is 16.1 Å². The van der Waals surface area contributed by atoms with Crippen LogP contribution in [0.3, 0.4) is 0 Å². The molecule has 0 unspecified atom stereocenters. The summed E-state index contributed by atoms with van der Waals surface area (Å²) in [5.41, 5.74) is 1.56. The second kappa shape index (κ2) is 6.75. The van der Waals surface area contributed by atoms with Gasteiger partial charge in [0.2, 0.25) is 0 Å². The van der Waals surface area contributed by atoms with E-state index in [1.54, 1.807) is 11.3 Å². The van der Waals surface area contributed by atoms with Gasteiger partial charge in [-0.2, -0.15) is 0 Å². The molecule has 2 heterocycles. The van der Waals surface area contributed by atoms with Gasteiger partial charge in [0.25, 0.3) is 0 Å².